The third kappa shape index (κ3) is 3.63. The number of hydrogen-bond acceptors (Lipinski definition) is 2. The van der Waals surface area contributed by atoms with Crippen LogP contribution in [0.5, 0.6) is 0 Å². The van der Waals surface area contributed by atoms with Gasteiger partial charge in [0, 0.05) is 6.26 Å². The van der Waals surface area contributed by atoms with Crippen LogP contribution in [0.3, 0.4) is 0 Å². The molecule has 1 atom stereocenters. The normalized spacial score (nSPS) is 14.1. The largest absolute Gasteiger partial charge is 0.224 e. The number of benzene rings is 1. The molecule has 16 heavy (non-hydrogen) atoms. The Labute approximate surface area is 98.6 Å². The number of sulfone groups is 1. The average molecular weight is 240 g/mol. The van der Waals surface area contributed by atoms with Crippen molar-refractivity contribution in [2.24, 2.45) is 11.8 Å². The lowest BCUT2D eigenvalue weighted by atomic mass is 9.91. The highest BCUT2D eigenvalue weighted by Gasteiger charge is 2.10. The molecule has 1 aromatic rings. The second-order valence-corrected chi connectivity index (χ2v) is 6.86. The lowest BCUT2D eigenvalue weighted by Crippen LogP contribution is -2.07. The molecule has 0 radical (unpaired) electrons. The second-order valence-electron chi connectivity index (χ2n) is 4.84. The molecule has 90 valence electrons. The van der Waals surface area contributed by atoms with Gasteiger partial charge in [-0.1, -0.05) is 32.9 Å². The molecule has 0 aliphatic rings. The highest BCUT2D eigenvalue weighted by Crippen LogP contribution is 2.18. The van der Waals surface area contributed by atoms with Crippen LogP contribution in [0.1, 0.15) is 26.3 Å². The van der Waals surface area contributed by atoms with E-state index in [4.69, 9.17) is 0 Å². The van der Waals surface area contributed by atoms with E-state index in [1.54, 1.807) is 12.1 Å². The van der Waals surface area contributed by atoms with Crippen LogP contribution in [0.15, 0.2) is 29.2 Å². The van der Waals surface area contributed by atoms with E-state index in [9.17, 15) is 8.42 Å². The maximum absolute atomic E-state index is 11.3. The third-order valence-corrected chi connectivity index (χ3v) is 4.18. The van der Waals surface area contributed by atoms with Crippen LogP contribution in [-0.2, 0) is 16.3 Å². The lowest BCUT2D eigenvalue weighted by Gasteiger charge is -2.15. The van der Waals surface area contributed by atoms with Crippen molar-refractivity contribution in [1.29, 1.82) is 0 Å². The van der Waals surface area contributed by atoms with E-state index in [1.165, 1.54) is 11.8 Å². The van der Waals surface area contributed by atoms with Gasteiger partial charge in [-0.2, -0.15) is 0 Å². The van der Waals surface area contributed by atoms with Crippen LogP contribution >= 0.6 is 0 Å². The van der Waals surface area contributed by atoms with E-state index >= 15 is 0 Å². The first-order valence-electron chi connectivity index (χ1n) is 5.59. The molecule has 0 aromatic heterocycles. The van der Waals surface area contributed by atoms with Gasteiger partial charge in [-0.25, -0.2) is 8.42 Å². The lowest BCUT2D eigenvalue weighted by molar-refractivity contribution is 0.417. The third-order valence-electron chi connectivity index (χ3n) is 3.05. The molecular formula is C13H20O2S. The van der Waals surface area contributed by atoms with Crippen molar-refractivity contribution in [2.75, 3.05) is 6.26 Å². The van der Waals surface area contributed by atoms with Gasteiger partial charge >= 0.3 is 0 Å². The summed E-state index contributed by atoms with van der Waals surface area (Å²) in [6, 6.07) is 7.21. The summed E-state index contributed by atoms with van der Waals surface area (Å²) in [6.45, 7) is 6.63. The van der Waals surface area contributed by atoms with Crippen LogP contribution in [0.25, 0.3) is 0 Å². The molecule has 0 saturated carbocycles. The standard InChI is InChI=1S/C13H20O2S/c1-10(2)11(3)9-12-5-7-13(8-6-12)16(4,14)15/h5-8,10-11H,9H2,1-4H3/t11-/m0/s1. The van der Waals surface area contributed by atoms with Crippen LogP contribution in [0, 0.1) is 11.8 Å². The summed E-state index contributed by atoms with van der Waals surface area (Å²) < 4.78 is 22.5. The van der Waals surface area contributed by atoms with Gasteiger partial charge in [0.1, 0.15) is 0 Å². The monoisotopic (exact) mass is 240 g/mol. The minimum Gasteiger partial charge on any atom is -0.224 e. The summed E-state index contributed by atoms with van der Waals surface area (Å²) in [7, 11) is -3.06. The van der Waals surface area contributed by atoms with E-state index in [1.807, 2.05) is 12.1 Å². The quantitative estimate of drug-likeness (QED) is 0.811. The number of rotatable bonds is 4. The predicted molar refractivity (Wildman–Crippen MR) is 67.3 cm³/mol. The van der Waals surface area contributed by atoms with Crippen molar-refractivity contribution in [3.63, 3.8) is 0 Å². The Morgan fingerprint density at radius 1 is 1.06 bits per heavy atom. The first-order chi connectivity index (χ1) is 7.30. The van der Waals surface area contributed by atoms with Gasteiger partial charge in [0.15, 0.2) is 9.84 Å². The Kier molecular flexibility index (Phi) is 4.14. The summed E-state index contributed by atoms with van der Waals surface area (Å²) in [5.74, 6) is 1.26. The first-order valence-corrected chi connectivity index (χ1v) is 7.49. The Morgan fingerprint density at radius 2 is 1.56 bits per heavy atom. The van der Waals surface area contributed by atoms with Crippen molar-refractivity contribution < 1.29 is 8.42 Å². The van der Waals surface area contributed by atoms with Gasteiger partial charge in [-0.05, 0) is 36.0 Å². The van der Waals surface area contributed by atoms with E-state index in [0.29, 0.717) is 16.7 Å². The molecule has 0 bridgehead atoms. The minimum atomic E-state index is -3.06. The topological polar surface area (TPSA) is 34.1 Å². The summed E-state index contributed by atoms with van der Waals surface area (Å²) in [5, 5.41) is 0. The fourth-order valence-corrected chi connectivity index (χ4v) is 2.11. The van der Waals surface area contributed by atoms with Crippen molar-refractivity contribution >= 4 is 9.84 Å². The Bertz CT molecular complexity index is 430. The van der Waals surface area contributed by atoms with Gasteiger partial charge in [0.2, 0.25) is 0 Å². The van der Waals surface area contributed by atoms with Gasteiger partial charge in [0.05, 0.1) is 4.90 Å². The first kappa shape index (κ1) is 13.2. The summed E-state index contributed by atoms with van der Waals surface area (Å²) in [4.78, 5) is 0.397. The van der Waals surface area contributed by atoms with Gasteiger partial charge in [-0.3, -0.25) is 0 Å². The maximum Gasteiger partial charge on any atom is 0.175 e. The molecule has 0 N–H and O–H groups in total. The molecule has 0 spiro atoms. The molecule has 0 aliphatic carbocycles. The van der Waals surface area contributed by atoms with Crippen molar-refractivity contribution in [3.8, 4) is 0 Å². The fraction of sp³-hybridized carbons (Fsp3) is 0.538. The molecule has 0 heterocycles. The molecular weight excluding hydrogens is 220 g/mol. The summed E-state index contributed by atoms with van der Waals surface area (Å²) >= 11 is 0. The zero-order valence-electron chi connectivity index (χ0n) is 10.4. The maximum atomic E-state index is 11.3. The smallest absolute Gasteiger partial charge is 0.175 e. The predicted octanol–water partition coefficient (Wildman–Crippen LogP) is 2.92. The number of hydrogen-bond donors (Lipinski definition) is 0. The van der Waals surface area contributed by atoms with Crippen molar-refractivity contribution in [2.45, 2.75) is 32.1 Å². The summed E-state index contributed by atoms with van der Waals surface area (Å²) in [6.07, 6.45) is 2.24. The molecule has 2 nitrogen and oxygen atoms in total. The van der Waals surface area contributed by atoms with E-state index in [-0.39, 0.29) is 0 Å². The zero-order valence-corrected chi connectivity index (χ0v) is 11.2. The van der Waals surface area contributed by atoms with Crippen molar-refractivity contribution in [3.05, 3.63) is 29.8 Å². The van der Waals surface area contributed by atoms with Crippen LogP contribution in [-0.4, -0.2) is 14.7 Å². The van der Waals surface area contributed by atoms with Gasteiger partial charge in [-0.15, -0.1) is 0 Å². The minimum absolute atomic E-state index is 0.397. The van der Waals surface area contributed by atoms with E-state index < -0.39 is 9.84 Å². The molecule has 0 unspecified atom stereocenters. The van der Waals surface area contributed by atoms with Crippen LogP contribution in [0.4, 0.5) is 0 Å². The Morgan fingerprint density at radius 3 is 1.94 bits per heavy atom. The average Bonchev–Trinajstić information content (AvgIpc) is 2.17. The molecule has 0 saturated heterocycles. The van der Waals surface area contributed by atoms with Crippen LogP contribution in [0.2, 0.25) is 0 Å². The zero-order chi connectivity index (χ0) is 12.3. The second kappa shape index (κ2) is 5.00. The molecule has 1 rings (SSSR count). The highest BCUT2D eigenvalue weighted by atomic mass is 32.2. The fourth-order valence-electron chi connectivity index (χ4n) is 1.48. The Balaban J connectivity index is 2.80. The van der Waals surface area contributed by atoms with Crippen molar-refractivity contribution in [1.82, 2.24) is 0 Å². The Hall–Kier alpha value is -0.830. The highest BCUT2D eigenvalue weighted by molar-refractivity contribution is 7.90. The van der Waals surface area contributed by atoms with Gasteiger partial charge < -0.3 is 0 Å². The summed E-state index contributed by atoms with van der Waals surface area (Å²) in [5.41, 5.74) is 1.20. The van der Waals surface area contributed by atoms with Gasteiger partial charge in [0.25, 0.3) is 0 Å². The molecule has 0 amide bonds. The van der Waals surface area contributed by atoms with E-state index in [0.717, 1.165) is 6.42 Å². The van der Waals surface area contributed by atoms with E-state index in [2.05, 4.69) is 20.8 Å². The molecule has 0 fully saturated rings. The molecule has 3 heteroatoms. The van der Waals surface area contributed by atoms with Crippen LogP contribution < -0.4 is 0 Å². The molecule has 1 aromatic carbocycles. The molecule has 0 aliphatic heterocycles. The SMILES string of the molecule is CC(C)[C@@H](C)Cc1ccc(S(C)(=O)=O)cc1.